The second-order valence-electron chi connectivity index (χ2n) is 6.56. The van der Waals surface area contributed by atoms with Crippen LogP contribution in [0.5, 0.6) is 0 Å². The molecule has 2 aromatic carbocycles. The van der Waals surface area contributed by atoms with Crippen LogP contribution in [0.25, 0.3) is 0 Å². The number of carbonyl (C=O) groups is 2. The first kappa shape index (κ1) is 16.7. The standard InChI is InChI=1S/C19H19ClN4O2/c20-13-7-5-12(6-8-13)10-21-19(26)22-14-9-17-18(25)23-15-3-1-2-4-16(15)24(17)11-14/h1-8,14,17H,9-11H2,(H,23,25)(H2,21,22,26). The van der Waals surface area contributed by atoms with Crippen molar-refractivity contribution in [3.8, 4) is 0 Å². The van der Waals surface area contributed by atoms with Crippen molar-refractivity contribution in [2.24, 2.45) is 0 Å². The first-order valence-corrected chi connectivity index (χ1v) is 8.93. The van der Waals surface area contributed by atoms with E-state index in [0.29, 0.717) is 24.5 Å². The van der Waals surface area contributed by atoms with E-state index < -0.39 is 0 Å². The van der Waals surface area contributed by atoms with E-state index in [1.807, 2.05) is 36.4 Å². The van der Waals surface area contributed by atoms with Gasteiger partial charge >= 0.3 is 6.03 Å². The number of halogens is 1. The molecule has 3 N–H and O–H groups in total. The van der Waals surface area contributed by atoms with Crippen LogP contribution in [0, 0.1) is 0 Å². The van der Waals surface area contributed by atoms with E-state index in [2.05, 4.69) is 20.9 Å². The summed E-state index contributed by atoms with van der Waals surface area (Å²) in [6.07, 6.45) is 0.592. The van der Waals surface area contributed by atoms with Gasteiger partial charge in [-0.05, 0) is 36.2 Å². The Kier molecular flexibility index (Phi) is 4.42. The monoisotopic (exact) mass is 370 g/mol. The first-order valence-electron chi connectivity index (χ1n) is 8.55. The minimum absolute atomic E-state index is 0.0189. The molecule has 0 aliphatic carbocycles. The molecule has 0 saturated carbocycles. The Morgan fingerprint density at radius 2 is 1.96 bits per heavy atom. The lowest BCUT2D eigenvalue weighted by atomic mass is 10.1. The fraction of sp³-hybridized carbons (Fsp3) is 0.263. The molecule has 0 aromatic heterocycles. The zero-order valence-electron chi connectivity index (χ0n) is 14.0. The molecule has 1 fully saturated rings. The molecule has 134 valence electrons. The normalized spacial score (nSPS) is 20.8. The van der Waals surface area contributed by atoms with Gasteiger partial charge in [-0.15, -0.1) is 0 Å². The number of nitrogens with zero attached hydrogens (tertiary/aromatic N) is 1. The van der Waals surface area contributed by atoms with Crippen LogP contribution in [0.2, 0.25) is 5.02 Å². The highest BCUT2D eigenvalue weighted by molar-refractivity contribution is 6.30. The SMILES string of the molecule is O=C(NCc1ccc(Cl)cc1)NC1CC2C(=O)Nc3ccccc3N2C1. The molecule has 0 bridgehead atoms. The number of para-hydroxylation sites is 2. The van der Waals surface area contributed by atoms with Gasteiger partial charge in [0.25, 0.3) is 0 Å². The number of amides is 3. The van der Waals surface area contributed by atoms with E-state index in [0.717, 1.165) is 16.9 Å². The molecular formula is C19H19ClN4O2. The third kappa shape index (κ3) is 3.32. The molecule has 0 radical (unpaired) electrons. The average Bonchev–Trinajstić information content (AvgIpc) is 3.06. The molecule has 3 amide bonds. The summed E-state index contributed by atoms with van der Waals surface area (Å²) in [5.41, 5.74) is 2.80. The predicted octanol–water partition coefficient (Wildman–Crippen LogP) is 2.74. The molecule has 2 aliphatic heterocycles. The summed E-state index contributed by atoms with van der Waals surface area (Å²) < 4.78 is 0. The summed E-state index contributed by atoms with van der Waals surface area (Å²) in [6, 6.07) is 14.5. The molecular weight excluding hydrogens is 352 g/mol. The summed E-state index contributed by atoms with van der Waals surface area (Å²) in [5, 5.41) is 9.42. The van der Waals surface area contributed by atoms with Crippen LogP contribution >= 0.6 is 11.6 Å². The van der Waals surface area contributed by atoms with E-state index >= 15 is 0 Å². The molecule has 2 aliphatic rings. The van der Waals surface area contributed by atoms with Gasteiger partial charge in [0.05, 0.1) is 17.4 Å². The largest absolute Gasteiger partial charge is 0.356 e. The van der Waals surface area contributed by atoms with Crippen molar-refractivity contribution in [3.63, 3.8) is 0 Å². The van der Waals surface area contributed by atoms with Gasteiger partial charge in [0.1, 0.15) is 6.04 Å². The van der Waals surface area contributed by atoms with Gasteiger partial charge in [-0.25, -0.2) is 4.79 Å². The highest BCUT2D eigenvalue weighted by Gasteiger charge is 2.41. The van der Waals surface area contributed by atoms with Crippen LogP contribution in [0.15, 0.2) is 48.5 Å². The third-order valence-electron chi connectivity index (χ3n) is 4.78. The van der Waals surface area contributed by atoms with E-state index in [1.165, 1.54) is 0 Å². The van der Waals surface area contributed by atoms with Gasteiger partial charge in [-0.3, -0.25) is 4.79 Å². The molecule has 0 spiro atoms. The number of urea groups is 1. The lowest BCUT2D eigenvalue weighted by molar-refractivity contribution is -0.117. The van der Waals surface area contributed by atoms with Gasteiger partial charge in [-0.2, -0.15) is 0 Å². The molecule has 2 atom stereocenters. The van der Waals surface area contributed by atoms with Crippen molar-refractivity contribution in [1.29, 1.82) is 0 Å². The van der Waals surface area contributed by atoms with Crippen LogP contribution in [0.4, 0.5) is 16.2 Å². The van der Waals surface area contributed by atoms with Crippen LogP contribution < -0.4 is 20.9 Å². The van der Waals surface area contributed by atoms with Crippen LogP contribution in [0.3, 0.4) is 0 Å². The minimum Gasteiger partial charge on any atom is -0.356 e. The molecule has 1 saturated heterocycles. The lowest BCUT2D eigenvalue weighted by Crippen LogP contribution is -2.44. The number of hydrogen-bond acceptors (Lipinski definition) is 3. The Bertz CT molecular complexity index is 840. The topological polar surface area (TPSA) is 73.5 Å². The van der Waals surface area contributed by atoms with Crippen molar-refractivity contribution >= 4 is 34.9 Å². The predicted molar refractivity (Wildman–Crippen MR) is 101 cm³/mol. The molecule has 6 nitrogen and oxygen atoms in total. The number of carbonyl (C=O) groups excluding carboxylic acids is 2. The number of fused-ring (bicyclic) bond motifs is 3. The maximum Gasteiger partial charge on any atom is 0.315 e. The second kappa shape index (κ2) is 6.88. The smallest absolute Gasteiger partial charge is 0.315 e. The van der Waals surface area contributed by atoms with E-state index in [1.54, 1.807) is 12.1 Å². The van der Waals surface area contributed by atoms with Crippen molar-refractivity contribution in [2.45, 2.75) is 25.0 Å². The summed E-state index contributed by atoms with van der Waals surface area (Å²) >= 11 is 5.86. The average molecular weight is 371 g/mol. The second-order valence-corrected chi connectivity index (χ2v) is 7.00. The zero-order valence-corrected chi connectivity index (χ0v) is 14.8. The van der Waals surface area contributed by atoms with Crippen molar-refractivity contribution < 1.29 is 9.59 Å². The highest BCUT2D eigenvalue weighted by Crippen LogP contribution is 2.36. The van der Waals surface area contributed by atoms with E-state index in [9.17, 15) is 9.59 Å². The molecule has 2 heterocycles. The quantitative estimate of drug-likeness (QED) is 0.777. The number of nitrogens with one attached hydrogen (secondary N) is 3. The number of anilines is 2. The van der Waals surface area contributed by atoms with Gasteiger partial charge < -0.3 is 20.9 Å². The summed E-state index contributed by atoms with van der Waals surface area (Å²) in [5.74, 6) is -0.0189. The number of benzene rings is 2. The Balaban J connectivity index is 1.36. The van der Waals surface area contributed by atoms with Gasteiger partial charge in [0.15, 0.2) is 0 Å². The van der Waals surface area contributed by atoms with Gasteiger partial charge in [0, 0.05) is 18.1 Å². The fourth-order valence-electron chi connectivity index (χ4n) is 3.52. The maximum atomic E-state index is 12.3. The Morgan fingerprint density at radius 1 is 1.19 bits per heavy atom. The lowest BCUT2D eigenvalue weighted by Gasteiger charge is -2.32. The van der Waals surface area contributed by atoms with Gasteiger partial charge in [0.2, 0.25) is 5.91 Å². The first-order chi connectivity index (χ1) is 12.6. The van der Waals surface area contributed by atoms with Crippen molar-refractivity contribution in [3.05, 3.63) is 59.1 Å². The minimum atomic E-state index is -0.244. The molecule has 2 aromatic rings. The molecule has 7 heteroatoms. The summed E-state index contributed by atoms with van der Waals surface area (Å²) in [6.45, 7) is 1.04. The maximum absolute atomic E-state index is 12.3. The summed E-state index contributed by atoms with van der Waals surface area (Å²) in [7, 11) is 0. The Labute approximate surface area is 156 Å². The molecule has 2 unspecified atom stereocenters. The van der Waals surface area contributed by atoms with Crippen LogP contribution in [0.1, 0.15) is 12.0 Å². The molecule has 26 heavy (non-hydrogen) atoms. The van der Waals surface area contributed by atoms with Crippen LogP contribution in [-0.2, 0) is 11.3 Å². The highest BCUT2D eigenvalue weighted by atomic mass is 35.5. The Hall–Kier alpha value is -2.73. The zero-order chi connectivity index (χ0) is 18.1. The van der Waals surface area contributed by atoms with Crippen LogP contribution in [-0.4, -0.2) is 30.6 Å². The number of hydrogen-bond donors (Lipinski definition) is 3. The Morgan fingerprint density at radius 3 is 2.77 bits per heavy atom. The molecule has 4 rings (SSSR count). The fourth-order valence-corrected chi connectivity index (χ4v) is 3.65. The third-order valence-corrected chi connectivity index (χ3v) is 5.03. The van der Waals surface area contributed by atoms with Crippen molar-refractivity contribution in [1.82, 2.24) is 10.6 Å². The van der Waals surface area contributed by atoms with Gasteiger partial charge in [-0.1, -0.05) is 35.9 Å². The summed E-state index contributed by atoms with van der Waals surface area (Å²) in [4.78, 5) is 26.6. The van der Waals surface area contributed by atoms with E-state index in [4.69, 9.17) is 11.6 Å². The van der Waals surface area contributed by atoms with Crippen molar-refractivity contribution in [2.75, 3.05) is 16.8 Å². The van der Waals surface area contributed by atoms with E-state index in [-0.39, 0.29) is 24.0 Å². The number of rotatable bonds is 3.